The second kappa shape index (κ2) is 6.08. The van der Waals surface area contributed by atoms with Crippen molar-refractivity contribution >= 4 is 29.1 Å². The third-order valence-electron chi connectivity index (χ3n) is 4.99. The number of ether oxygens (including phenoxy) is 1. The Morgan fingerprint density at radius 1 is 1.26 bits per heavy atom. The van der Waals surface area contributed by atoms with E-state index in [-0.39, 0.29) is 12.4 Å². The summed E-state index contributed by atoms with van der Waals surface area (Å²) in [4.78, 5) is 38.1. The van der Waals surface area contributed by atoms with Crippen LogP contribution in [0.1, 0.15) is 54.9 Å². The van der Waals surface area contributed by atoms with Crippen molar-refractivity contribution in [2.75, 3.05) is 6.61 Å². The average molecular weight is 335 g/mol. The average Bonchev–Trinajstić information content (AvgIpc) is 2.54. The Morgan fingerprint density at radius 2 is 1.96 bits per heavy atom. The molecule has 2 aliphatic carbocycles. The van der Waals surface area contributed by atoms with E-state index >= 15 is 0 Å². The van der Waals surface area contributed by atoms with Gasteiger partial charge in [-0.3, -0.25) is 14.4 Å². The molecule has 2 aliphatic rings. The maximum atomic E-state index is 13.1. The van der Waals surface area contributed by atoms with Gasteiger partial charge in [0.05, 0.1) is 12.0 Å². The van der Waals surface area contributed by atoms with E-state index < -0.39 is 23.1 Å². The Morgan fingerprint density at radius 3 is 2.61 bits per heavy atom. The Hall–Kier alpha value is -1.68. The van der Waals surface area contributed by atoms with Crippen LogP contribution in [-0.4, -0.2) is 24.1 Å². The topological polar surface area (TPSA) is 60.4 Å². The maximum Gasteiger partial charge on any atom is 0.324 e. The zero-order chi connectivity index (χ0) is 16.6. The van der Waals surface area contributed by atoms with E-state index in [2.05, 4.69) is 0 Å². The number of benzene rings is 1. The number of hydrogen-bond donors (Lipinski definition) is 0. The summed E-state index contributed by atoms with van der Waals surface area (Å²) < 4.78 is 4.99. The van der Waals surface area contributed by atoms with Gasteiger partial charge in [-0.15, -0.1) is 0 Å². The van der Waals surface area contributed by atoms with Gasteiger partial charge < -0.3 is 4.74 Å². The minimum Gasteiger partial charge on any atom is -0.465 e. The standard InChI is InChI=1S/C18H19ClO4/c1-2-23-17(22)14-15(20)12-10-11(19)6-7-13(12)18(16(14)21)8-4-3-5-9-18/h6-7,10,14H,2-5,8-9H2,1H3. The summed E-state index contributed by atoms with van der Waals surface area (Å²) in [5.41, 5.74) is 0.387. The van der Waals surface area contributed by atoms with Crippen LogP contribution in [0.25, 0.3) is 0 Å². The van der Waals surface area contributed by atoms with Crippen LogP contribution in [0.15, 0.2) is 18.2 Å². The number of ketones is 2. The lowest BCUT2D eigenvalue weighted by molar-refractivity contribution is -0.151. The Balaban J connectivity index is 2.17. The van der Waals surface area contributed by atoms with E-state index in [1.165, 1.54) is 0 Å². The Bertz CT molecular complexity index is 674. The summed E-state index contributed by atoms with van der Waals surface area (Å²) >= 11 is 6.04. The van der Waals surface area contributed by atoms with Crippen molar-refractivity contribution in [3.05, 3.63) is 34.3 Å². The molecule has 0 bridgehead atoms. The smallest absolute Gasteiger partial charge is 0.324 e. The first-order valence-electron chi connectivity index (χ1n) is 8.06. The molecule has 0 amide bonds. The van der Waals surface area contributed by atoms with Crippen molar-refractivity contribution in [2.45, 2.75) is 44.4 Å². The number of rotatable bonds is 2. The largest absolute Gasteiger partial charge is 0.465 e. The van der Waals surface area contributed by atoms with Crippen LogP contribution >= 0.6 is 11.6 Å². The molecule has 1 saturated carbocycles. The number of hydrogen-bond acceptors (Lipinski definition) is 4. The van der Waals surface area contributed by atoms with Crippen LogP contribution in [0.3, 0.4) is 0 Å². The zero-order valence-corrected chi connectivity index (χ0v) is 13.8. The fraction of sp³-hybridized carbons (Fsp3) is 0.500. The summed E-state index contributed by atoms with van der Waals surface area (Å²) in [6.07, 6.45) is 4.23. The molecule has 122 valence electrons. The Labute approximate surface area is 140 Å². The first-order chi connectivity index (χ1) is 11.0. The minimum absolute atomic E-state index is 0.144. The van der Waals surface area contributed by atoms with Crippen LogP contribution in [0.4, 0.5) is 0 Å². The highest BCUT2D eigenvalue weighted by atomic mass is 35.5. The predicted octanol–water partition coefficient (Wildman–Crippen LogP) is 3.49. The van der Waals surface area contributed by atoms with Gasteiger partial charge in [0.2, 0.25) is 0 Å². The second-order valence-electron chi connectivity index (χ2n) is 6.25. The molecule has 1 aromatic rings. The minimum atomic E-state index is -1.35. The quantitative estimate of drug-likeness (QED) is 0.613. The lowest BCUT2D eigenvalue weighted by Gasteiger charge is -2.42. The number of carbonyl (C=O) groups excluding carboxylic acids is 3. The molecule has 4 nitrogen and oxygen atoms in total. The molecule has 0 aliphatic heterocycles. The normalized spacial score (nSPS) is 22.8. The molecule has 1 spiro atoms. The predicted molar refractivity (Wildman–Crippen MR) is 85.7 cm³/mol. The van der Waals surface area contributed by atoms with E-state index in [9.17, 15) is 14.4 Å². The molecule has 3 rings (SSSR count). The summed E-state index contributed by atoms with van der Waals surface area (Å²) in [5, 5.41) is 0.431. The van der Waals surface area contributed by atoms with Gasteiger partial charge in [-0.25, -0.2) is 0 Å². The summed E-state index contributed by atoms with van der Waals surface area (Å²) in [7, 11) is 0. The van der Waals surface area contributed by atoms with Crippen LogP contribution < -0.4 is 0 Å². The number of Topliss-reactive ketones (excluding diaryl/α,β-unsaturated/α-hetero) is 2. The molecule has 0 aromatic heterocycles. The first-order valence-corrected chi connectivity index (χ1v) is 8.44. The van der Waals surface area contributed by atoms with Gasteiger partial charge in [0.25, 0.3) is 0 Å². The van der Waals surface area contributed by atoms with Gasteiger partial charge in [-0.2, -0.15) is 0 Å². The maximum absolute atomic E-state index is 13.1. The van der Waals surface area contributed by atoms with Crippen LogP contribution in [0.5, 0.6) is 0 Å². The molecule has 1 aromatic carbocycles. The van der Waals surface area contributed by atoms with Gasteiger partial charge in [-0.05, 0) is 37.5 Å². The van der Waals surface area contributed by atoms with Crippen molar-refractivity contribution in [1.82, 2.24) is 0 Å². The fourth-order valence-corrected chi connectivity index (χ4v) is 4.10. The monoisotopic (exact) mass is 334 g/mol. The van der Waals surface area contributed by atoms with E-state index in [1.54, 1.807) is 25.1 Å². The lowest BCUT2D eigenvalue weighted by atomic mass is 9.58. The Kier molecular flexibility index (Phi) is 4.28. The van der Waals surface area contributed by atoms with Crippen LogP contribution in [0, 0.1) is 5.92 Å². The van der Waals surface area contributed by atoms with Crippen molar-refractivity contribution in [3.63, 3.8) is 0 Å². The molecule has 23 heavy (non-hydrogen) atoms. The van der Waals surface area contributed by atoms with Gasteiger partial charge in [-0.1, -0.05) is 36.9 Å². The van der Waals surface area contributed by atoms with Crippen LogP contribution in [0.2, 0.25) is 5.02 Å². The molecular weight excluding hydrogens is 316 g/mol. The fourth-order valence-electron chi connectivity index (χ4n) is 3.93. The first kappa shape index (κ1) is 16.2. The van der Waals surface area contributed by atoms with Crippen LogP contribution in [-0.2, 0) is 19.7 Å². The zero-order valence-electron chi connectivity index (χ0n) is 13.1. The van der Waals surface area contributed by atoms with Gasteiger partial charge in [0.1, 0.15) is 0 Å². The summed E-state index contributed by atoms with van der Waals surface area (Å²) in [6, 6.07) is 5.07. The molecule has 5 heteroatoms. The van der Waals surface area contributed by atoms with Crippen molar-refractivity contribution in [1.29, 1.82) is 0 Å². The molecule has 1 atom stereocenters. The van der Waals surface area contributed by atoms with Gasteiger partial charge in [0.15, 0.2) is 17.5 Å². The van der Waals surface area contributed by atoms with Crippen molar-refractivity contribution in [3.8, 4) is 0 Å². The molecular formula is C18H19ClO4. The van der Waals surface area contributed by atoms with Crippen molar-refractivity contribution in [2.24, 2.45) is 5.92 Å². The third-order valence-corrected chi connectivity index (χ3v) is 5.22. The van der Waals surface area contributed by atoms with Gasteiger partial charge >= 0.3 is 5.97 Å². The number of carbonyl (C=O) groups is 3. The molecule has 0 saturated heterocycles. The highest BCUT2D eigenvalue weighted by molar-refractivity contribution is 6.32. The highest BCUT2D eigenvalue weighted by Gasteiger charge is 2.54. The number of fused-ring (bicyclic) bond motifs is 2. The van der Waals surface area contributed by atoms with E-state index in [0.717, 1.165) is 24.8 Å². The lowest BCUT2D eigenvalue weighted by Crippen LogP contribution is -2.52. The second-order valence-corrected chi connectivity index (χ2v) is 6.68. The van der Waals surface area contributed by atoms with E-state index in [0.29, 0.717) is 23.4 Å². The molecule has 1 fully saturated rings. The SMILES string of the molecule is CCOC(=O)C1C(=O)c2cc(Cl)ccc2C2(CCCCC2)C1=O. The number of halogens is 1. The third kappa shape index (κ3) is 2.49. The molecule has 1 unspecified atom stereocenters. The van der Waals surface area contributed by atoms with E-state index in [4.69, 9.17) is 16.3 Å². The molecule has 0 radical (unpaired) electrons. The highest BCUT2D eigenvalue weighted by Crippen LogP contribution is 2.47. The number of esters is 1. The van der Waals surface area contributed by atoms with Gasteiger partial charge in [0, 0.05) is 10.6 Å². The van der Waals surface area contributed by atoms with Crippen molar-refractivity contribution < 1.29 is 19.1 Å². The van der Waals surface area contributed by atoms with E-state index in [1.807, 2.05) is 0 Å². The molecule has 0 N–H and O–H groups in total. The summed E-state index contributed by atoms with van der Waals surface area (Å²) in [6.45, 7) is 1.81. The molecule has 0 heterocycles. The summed E-state index contributed by atoms with van der Waals surface area (Å²) in [5.74, 6) is -2.87.